The van der Waals surface area contributed by atoms with Gasteiger partial charge in [0.1, 0.15) is 98.1 Å². The van der Waals surface area contributed by atoms with E-state index in [1.54, 1.807) is 6.20 Å². The quantitative estimate of drug-likeness (QED) is 0.0155. The van der Waals surface area contributed by atoms with E-state index in [2.05, 4.69) is 15.0 Å². The molecule has 2 aliphatic heterocycles. The van der Waals surface area contributed by atoms with Crippen LogP contribution in [0.15, 0.2) is 109 Å². The van der Waals surface area contributed by atoms with E-state index in [1.165, 1.54) is 218 Å². The summed E-state index contributed by atoms with van der Waals surface area (Å²) in [6.45, 7) is 27.2. The molecule has 10 rings (SSSR count). The molecule has 4 aromatic heterocycles. The summed E-state index contributed by atoms with van der Waals surface area (Å²) in [5, 5.41) is 0. The van der Waals surface area contributed by atoms with Crippen LogP contribution in [0.2, 0.25) is 0 Å². The van der Waals surface area contributed by atoms with Crippen molar-refractivity contribution in [2.24, 2.45) is 37.9 Å². The third kappa shape index (κ3) is 27.6. The summed E-state index contributed by atoms with van der Waals surface area (Å²) in [5.41, 5.74) is -13.7. The van der Waals surface area contributed by atoms with Crippen molar-refractivity contribution in [3.63, 3.8) is 0 Å². The molecule has 8 aromatic rings. The third-order valence-corrected chi connectivity index (χ3v) is 22.4. The molecule has 36 heteroatoms. The minimum Gasteiger partial charge on any atom is -0.465 e. The molecular formula is C105H118N6O30. The highest BCUT2D eigenvalue weighted by Crippen LogP contribution is 2.52. The zero-order valence-corrected chi connectivity index (χ0v) is 83.1. The molecule has 0 atom stereocenters. The van der Waals surface area contributed by atoms with Crippen LogP contribution in [0.5, 0.6) is 46.0 Å². The Kier molecular flexibility index (Phi) is 34.5. The van der Waals surface area contributed by atoms with Gasteiger partial charge in [0.15, 0.2) is 0 Å². The molecule has 2 N–H and O–H groups in total. The number of imidazole rings is 1. The highest BCUT2D eigenvalue weighted by atomic mass is 16.6. The van der Waals surface area contributed by atoms with Crippen molar-refractivity contribution in [1.29, 1.82) is 0 Å². The summed E-state index contributed by atoms with van der Waals surface area (Å²) >= 11 is 0. The maximum atomic E-state index is 15.2. The van der Waals surface area contributed by atoms with Crippen molar-refractivity contribution in [3.8, 4) is 90.5 Å². The Balaban J connectivity index is 1.48. The van der Waals surface area contributed by atoms with E-state index in [9.17, 15) is 38.4 Å². The van der Waals surface area contributed by atoms with E-state index in [4.69, 9.17) is 81.0 Å². The lowest BCUT2D eigenvalue weighted by Gasteiger charge is -2.25. The van der Waals surface area contributed by atoms with Gasteiger partial charge in [0.25, 0.3) is 0 Å². The third-order valence-electron chi connectivity index (χ3n) is 22.4. The van der Waals surface area contributed by atoms with Crippen LogP contribution in [-0.2, 0) is 112 Å². The first kappa shape index (κ1) is 108. The number of rotatable bonds is 41. The van der Waals surface area contributed by atoms with Crippen LogP contribution in [0.4, 0.5) is 0 Å². The van der Waals surface area contributed by atoms with Crippen LogP contribution in [-0.4, -0.2) is 165 Å². The number of ether oxygens (including phenoxy) is 15. The topological polar surface area (TPSA) is 470 Å². The second-order valence-corrected chi connectivity index (χ2v) is 38.6. The first-order valence-electron chi connectivity index (χ1n) is 45.5. The molecule has 0 fully saturated rings. The van der Waals surface area contributed by atoms with Crippen LogP contribution < -0.4 is 37.9 Å². The Morgan fingerprint density at radius 2 is 0.482 bits per heavy atom. The number of carbonyl (C=O) groups excluding carboxylic acids is 15. The number of aryl methyl sites for hydroxylation is 2. The lowest BCUT2D eigenvalue weighted by molar-refractivity contribution is -0.155. The molecule has 8 bridgehead atoms. The minimum absolute atomic E-state index is 0.0182. The van der Waals surface area contributed by atoms with E-state index in [-0.39, 0.29) is 142 Å². The molecule has 0 unspecified atom stereocenters. The molecule has 6 heterocycles. The Bertz CT molecular complexity index is 6140. The number of fused-ring (bicyclic) bond motifs is 8. The largest absolute Gasteiger partial charge is 0.465 e. The van der Waals surface area contributed by atoms with Gasteiger partial charge in [-0.15, -0.1) is 0 Å². The van der Waals surface area contributed by atoms with E-state index in [0.717, 1.165) is 80.1 Å². The van der Waals surface area contributed by atoms with Gasteiger partial charge in [0.05, 0.1) is 82.9 Å². The molecule has 4 aromatic carbocycles. The van der Waals surface area contributed by atoms with Crippen molar-refractivity contribution in [3.05, 3.63) is 138 Å². The van der Waals surface area contributed by atoms with Crippen LogP contribution in [0.1, 0.15) is 213 Å². The zero-order chi connectivity index (χ0) is 104. The first-order chi connectivity index (χ1) is 66.1. The van der Waals surface area contributed by atoms with Gasteiger partial charge in [-0.1, -0.05) is 43.5 Å². The summed E-state index contributed by atoms with van der Waals surface area (Å²) < 4.78 is 92.1. The van der Waals surface area contributed by atoms with Crippen molar-refractivity contribution >= 4 is 136 Å². The van der Waals surface area contributed by atoms with Crippen molar-refractivity contribution in [2.75, 3.05) is 46.2 Å². The lowest BCUT2D eigenvalue weighted by Crippen LogP contribution is -2.35. The summed E-state index contributed by atoms with van der Waals surface area (Å²) in [7, 11) is 0. The van der Waals surface area contributed by atoms with Gasteiger partial charge in [0, 0.05) is 118 Å². The number of hydrogen-bond acceptors (Lipinski definition) is 33. The smallest absolute Gasteiger partial charge is 0.320 e. The molecule has 141 heavy (non-hydrogen) atoms. The van der Waals surface area contributed by atoms with Crippen LogP contribution in [0.3, 0.4) is 0 Å². The molecule has 36 nitrogen and oxygen atoms in total. The monoisotopic (exact) mass is 1940 g/mol. The van der Waals surface area contributed by atoms with Gasteiger partial charge >= 0.3 is 89.5 Å². The van der Waals surface area contributed by atoms with Gasteiger partial charge in [-0.05, 0) is 214 Å². The predicted molar refractivity (Wildman–Crippen MR) is 513 cm³/mol. The molecular weight excluding hydrogens is 1830 g/mol. The van der Waals surface area contributed by atoms with E-state index in [0.29, 0.717) is 12.8 Å². The summed E-state index contributed by atoms with van der Waals surface area (Å²) in [4.78, 5) is 232. The number of carbonyl (C=O) groups is 15. The number of nitrogens with zero attached hydrogens (tertiary/aromatic N) is 4. The Morgan fingerprint density at radius 3 is 0.688 bits per heavy atom. The van der Waals surface area contributed by atoms with Gasteiger partial charge in [-0.25, -0.2) is 15.0 Å². The lowest BCUT2D eigenvalue weighted by atomic mass is 9.94. The SMILES string of the molecule is CC(=O)OCC(C)(C)C(=O)Oc1cccc(OC(=O)CCCCCCCn2ccnc2C)c1-c1c2nc(c(-c3c(OC(=O)C(C)(C)COC(C)=O)cccc3OC(=O)C(C)(C)COC(C)=O)c3ccc([nH]3)c(-c3c(OC(=O)C(C)(C)COC(C)=O)cccc3OC(=O)C(C)(C)COC(C)=O)c3nc(c(-c4c(OC(=O)C(C)(C)COC(C)=O)cccc4OC(=O)C(C)(C)COC(C)=O)c4ccc1[nH]4)C=C3)C=C2. The number of aromatic amines is 2. The molecule has 0 radical (unpaired) electrons. The second-order valence-electron chi connectivity index (χ2n) is 38.6. The number of benzene rings is 4. The van der Waals surface area contributed by atoms with Crippen LogP contribution in [0, 0.1) is 44.8 Å². The number of aromatic nitrogens is 6. The fraction of sp³-hybridized carbons (Fsp3) is 0.410. The average Bonchev–Trinajstić information content (AvgIpc) is 1.60. The van der Waals surface area contributed by atoms with Gasteiger partial charge < -0.3 is 85.6 Å². The van der Waals surface area contributed by atoms with Crippen LogP contribution in [0.25, 0.3) is 90.9 Å². The summed E-state index contributed by atoms with van der Waals surface area (Å²) in [6.07, 6.45) is 12.8. The average molecular weight is 1940 g/mol. The second kappa shape index (κ2) is 45.1. The number of unbranched alkanes of at least 4 members (excludes halogenated alkanes) is 4. The van der Waals surface area contributed by atoms with Gasteiger partial charge in [0.2, 0.25) is 0 Å². The normalized spacial score (nSPS) is 12.1. The van der Waals surface area contributed by atoms with Gasteiger partial charge in [-0.2, -0.15) is 0 Å². The molecule has 0 amide bonds. The zero-order valence-electron chi connectivity index (χ0n) is 83.1. The Labute approximate surface area is 814 Å². The van der Waals surface area contributed by atoms with Crippen molar-refractivity contribution < 1.29 is 143 Å². The predicted octanol–water partition coefficient (Wildman–Crippen LogP) is 17.2. The fourth-order valence-corrected chi connectivity index (χ4v) is 13.9. The molecule has 2 aliphatic rings. The maximum absolute atomic E-state index is 15.2. The highest BCUT2D eigenvalue weighted by Gasteiger charge is 2.43. The van der Waals surface area contributed by atoms with Crippen molar-refractivity contribution in [2.45, 2.75) is 197 Å². The minimum atomic E-state index is -1.67. The maximum Gasteiger partial charge on any atom is 0.320 e. The van der Waals surface area contributed by atoms with Gasteiger partial charge in [-0.3, -0.25) is 71.9 Å². The van der Waals surface area contributed by atoms with E-state index in [1.807, 2.05) is 17.7 Å². The first-order valence-corrected chi connectivity index (χ1v) is 45.5. The summed E-state index contributed by atoms with van der Waals surface area (Å²) in [5.74, 6) is -14.9. The molecule has 748 valence electrons. The standard InChI is InChI=1S/C105H118N6O30/c1-59-106-49-51-111(59)50-27-25-23-24-26-40-83(119)134-75-32-28-33-76(135-92(120)99(9,10)52-127-60(2)112)88(75)84-67-41-43-69(107-67)85(89-77(136-93(121)100(11,12)53-128-61(3)113)34-29-35-78(89)137-94(122)101(13,14)54-129-62(4)114)71-45-47-73(109-71)87(91-81(140-97(125)104(19,20)57-132-65(7)117)38-31-39-82(91)141-98(126)105(21,22)58-133-66(8)118)74-48-46-72(110-74)86(70-44-42-68(84)108-70)90-79(138-95(123)102(15,16)55-130-63(5)115)36-30-37-80(90)139-96(124)103(17,18)56-131-64(6)116/h28-39,41-49,51,107,110H,23-27,40,50,52-58H2,1-22H3. The molecule has 0 saturated carbocycles. The summed E-state index contributed by atoms with van der Waals surface area (Å²) in [6, 6.07) is 22.7. The Hall–Kier alpha value is -15.3. The van der Waals surface area contributed by atoms with Crippen LogP contribution >= 0.6 is 0 Å². The van der Waals surface area contributed by atoms with E-state index >= 15 is 33.6 Å². The molecule has 0 aliphatic carbocycles. The molecule has 0 saturated heterocycles. The Morgan fingerprint density at radius 1 is 0.277 bits per heavy atom. The van der Waals surface area contributed by atoms with Crippen molar-refractivity contribution in [1.82, 2.24) is 29.5 Å². The number of hydrogen-bond donors (Lipinski definition) is 2. The molecule has 0 spiro atoms. The number of nitrogens with one attached hydrogen (secondary N) is 2. The fourth-order valence-electron chi connectivity index (χ4n) is 13.9. The number of esters is 15. The highest BCUT2D eigenvalue weighted by molar-refractivity contribution is 6.06. The van der Waals surface area contributed by atoms with E-state index < -0.39 is 174 Å². The number of H-pyrrole nitrogens is 2.